The highest BCUT2D eigenvalue weighted by molar-refractivity contribution is 5.98. The number of halogens is 1. The number of rotatable bonds is 3. The lowest BCUT2D eigenvalue weighted by molar-refractivity contribution is 0.0842. The summed E-state index contributed by atoms with van der Waals surface area (Å²) >= 11 is 0. The van der Waals surface area contributed by atoms with E-state index in [4.69, 9.17) is 0 Å². The molecule has 0 aliphatic rings. The van der Waals surface area contributed by atoms with Gasteiger partial charge in [-0.1, -0.05) is 18.2 Å². The number of hydrogen-bond donors (Lipinski definition) is 2. The summed E-state index contributed by atoms with van der Waals surface area (Å²) in [5.41, 5.74) is 4.75. The van der Waals surface area contributed by atoms with Crippen molar-refractivity contribution in [3.05, 3.63) is 93.7 Å². The van der Waals surface area contributed by atoms with E-state index in [9.17, 15) is 18.8 Å². The van der Waals surface area contributed by atoms with Gasteiger partial charge in [0.1, 0.15) is 5.82 Å². The van der Waals surface area contributed by atoms with Crippen LogP contribution in [0.5, 0.6) is 0 Å². The normalized spacial score (nSPS) is 10.3. The largest absolute Gasteiger partial charge is 0.294 e. The van der Waals surface area contributed by atoms with E-state index >= 15 is 0 Å². The van der Waals surface area contributed by atoms with E-state index < -0.39 is 23.1 Å². The summed E-state index contributed by atoms with van der Waals surface area (Å²) in [5.74, 6) is -2.00. The van der Waals surface area contributed by atoms with Crippen molar-refractivity contribution in [2.45, 2.75) is 6.92 Å². The number of hydrazine groups is 1. The van der Waals surface area contributed by atoms with Gasteiger partial charge in [-0.15, -0.1) is 0 Å². The highest BCUT2D eigenvalue weighted by Gasteiger charge is 2.16. The summed E-state index contributed by atoms with van der Waals surface area (Å²) in [5, 5.41) is 4.10. The molecule has 0 spiro atoms. The number of amides is 2. The highest BCUT2D eigenvalue weighted by atomic mass is 19.1. The molecule has 0 atom stereocenters. The summed E-state index contributed by atoms with van der Waals surface area (Å²) in [7, 11) is 0. The molecule has 0 aliphatic heterocycles. The van der Waals surface area contributed by atoms with E-state index in [1.54, 1.807) is 31.2 Å². The van der Waals surface area contributed by atoms with Crippen LogP contribution in [0, 0.1) is 12.7 Å². The lowest BCUT2D eigenvalue weighted by Gasteiger charge is -2.11. The number of carbonyl (C=O) groups excluding carboxylic acids is 2. The van der Waals surface area contributed by atoms with Gasteiger partial charge in [0.05, 0.1) is 5.69 Å². The van der Waals surface area contributed by atoms with Crippen LogP contribution in [-0.2, 0) is 0 Å². The fourth-order valence-electron chi connectivity index (χ4n) is 2.38. The van der Waals surface area contributed by atoms with Gasteiger partial charge in [-0.25, -0.2) is 9.07 Å². The molecule has 0 unspecified atom stereocenters. The minimum absolute atomic E-state index is 0.148. The van der Waals surface area contributed by atoms with Crippen molar-refractivity contribution in [1.29, 1.82) is 0 Å². The highest BCUT2D eigenvalue weighted by Crippen LogP contribution is 2.08. The molecule has 2 N–H and O–H groups in total. The third-order valence-electron chi connectivity index (χ3n) is 3.72. The maximum absolute atomic E-state index is 12.9. The standard InChI is InChI=1S/C19H15FN4O3/c1-12-11-16(25)17(23-24(12)15-5-3-2-4-6-15)19(27)22-21-18(26)13-7-9-14(20)10-8-13/h2-11H,1H3,(H,21,26)(H,22,27). The molecule has 1 heterocycles. The van der Waals surface area contributed by atoms with Gasteiger partial charge in [0.2, 0.25) is 5.43 Å². The molecule has 2 aromatic carbocycles. The van der Waals surface area contributed by atoms with Crippen LogP contribution in [0.2, 0.25) is 0 Å². The van der Waals surface area contributed by atoms with Crippen molar-refractivity contribution in [1.82, 2.24) is 20.6 Å². The predicted octanol–water partition coefficient (Wildman–Crippen LogP) is 1.75. The molecule has 136 valence electrons. The quantitative estimate of drug-likeness (QED) is 0.691. The first kappa shape index (κ1) is 18.0. The summed E-state index contributed by atoms with van der Waals surface area (Å²) in [6.07, 6.45) is 0. The van der Waals surface area contributed by atoms with Gasteiger partial charge in [-0.2, -0.15) is 5.10 Å². The topological polar surface area (TPSA) is 93.1 Å². The average molecular weight is 366 g/mol. The lowest BCUT2D eigenvalue weighted by Crippen LogP contribution is -2.44. The van der Waals surface area contributed by atoms with Gasteiger partial charge in [-0.3, -0.25) is 25.2 Å². The second-order valence-electron chi connectivity index (χ2n) is 5.66. The minimum atomic E-state index is -0.861. The van der Waals surface area contributed by atoms with E-state index in [0.29, 0.717) is 11.4 Å². The number of nitrogens with one attached hydrogen (secondary N) is 2. The van der Waals surface area contributed by atoms with Crippen molar-refractivity contribution in [2.24, 2.45) is 0 Å². The first-order valence-corrected chi connectivity index (χ1v) is 7.98. The number of nitrogens with zero attached hydrogens (tertiary/aromatic N) is 2. The molecule has 2 amide bonds. The van der Waals surface area contributed by atoms with Crippen molar-refractivity contribution < 1.29 is 14.0 Å². The minimum Gasteiger partial charge on any atom is -0.287 e. The Bertz CT molecular complexity index is 1050. The molecule has 0 saturated carbocycles. The van der Waals surface area contributed by atoms with E-state index in [0.717, 1.165) is 12.1 Å². The zero-order valence-electron chi connectivity index (χ0n) is 14.3. The monoisotopic (exact) mass is 366 g/mol. The molecule has 1 aromatic heterocycles. The Morgan fingerprint density at radius 1 is 0.963 bits per heavy atom. The Morgan fingerprint density at radius 2 is 1.59 bits per heavy atom. The molecule has 0 bridgehead atoms. The van der Waals surface area contributed by atoms with Crippen LogP contribution < -0.4 is 16.3 Å². The second kappa shape index (κ2) is 7.61. The smallest absolute Gasteiger partial charge is 0.287 e. The Hall–Kier alpha value is -3.81. The molecular weight excluding hydrogens is 351 g/mol. The fraction of sp³-hybridized carbons (Fsp3) is 0.0526. The van der Waals surface area contributed by atoms with E-state index in [1.807, 2.05) is 6.07 Å². The van der Waals surface area contributed by atoms with Crippen molar-refractivity contribution >= 4 is 11.8 Å². The molecule has 0 radical (unpaired) electrons. The van der Waals surface area contributed by atoms with E-state index in [-0.39, 0.29) is 11.3 Å². The van der Waals surface area contributed by atoms with Gasteiger partial charge in [0.25, 0.3) is 11.8 Å². The molecule has 7 nitrogen and oxygen atoms in total. The molecule has 0 fully saturated rings. The first-order chi connectivity index (χ1) is 13.0. The number of para-hydroxylation sites is 1. The van der Waals surface area contributed by atoms with Crippen molar-refractivity contribution in [3.63, 3.8) is 0 Å². The van der Waals surface area contributed by atoms with Crippen LogP contribution in [-0.4, -0.2) is 21.6 Å². The SMILES string of the molecule is Cc1cc(=O)c(C(=O)NNC(=O)c2ccc(F)cc2)nn1-c1ccccc1. The Kier molecular flexibility index (Phi) is 5.07. The Morgan fingerprint density at radius 3 is 2.26 bits per heavy atom. The van der Waals surface area contributed by atoms with Gasteiger partial charge in [0.15, 0.2) is 5.69 Å². The molecule has 0 aliphatic carbocycles. The Balaban J connectivity index is 1.79. The third kappa shape index (κ3) is 4.06. The van der Waals surface area contributed by atoms with Gasteiger partial charge >= 0.3 is 0 Å². The summed E-state index contributed by atoms with van der Waals surface area (Å²) in [6.45, 7) is 1.69. The molecule has 3 rings (SSSR count). The lowest BCUT2D eigenvalue weighted by atomic mass is 10.2. The summed E-state index contributed by atoms with van der Waals surface area (Å²) < 4.78 is 14.3. The number of hydrogen-bond acceptors (Lipinski definition) is 4. The number of carbonyl (C=O) groups is 2. The number of aryl methyl sites for hydroxylation is 1. The van der Waals surface area contributed by atoms with Gasteiger partial charge in [0, 0.05) is 17.3 Å². The Labute approximate surface area is 153 Å². The molecule has 8 heteroatoms. The predicted molar refractivity (Wildman–Crippen MR) is 95.9 cm³/mol. The van der Waals surface area contributed by atoms with Crippen molar-refractivity contribution in [2.75, 3.05) is 0 Å². The van der Waals surface area contributed by atoms with Crippen LogP contribution in [0.1, 0.15) is 26.5 Å². The maximum Gasteiger partial charge on any atom is 0.294 e. The van der Waals surface area contributed by atoms with Gasteiger partial charge < -0.3 is 0 Å². The fourth-order valence-corrected chi connectivity index (χ4v) is 2.38. The second-order valence-corrected chi connectivity index (χ2v) is 5.66. The average Bonchev–Trinajstić information content (AvgIpc) is 2.67. The summed E-state index contributed by atoms with van der Waals surface area (Å²) in [4.78, 5) is 36.4. The number of benzene rings is 2. The first-order valence-electron chi connectivity index (χ1n) is 7.98. The van der Waals surface area contributed by atoms with E-state index in [2.05, 4.69) is 16.0 Å². The zero-order chi connectivity index (χ0) is 19.4. The molecular formula is C19H15FN4O3. The molecule has 0 saturated heterocycles. The van der Waals surface area contributed by atoms with Crippen LogP contribution in [0.3, 0.4) is 0 Å². The van der Waals surface area contributed by atoms with Crippen molar-refractivity contribution in [3.8, 4) is 5.69 Å². The zero-order valence-corrected chi connectivity index (χ0v) is 14.3. The van der Waals surface area contributed by atoms with E-state index in [1.165, 1.54) is 22.9 Å². The molecule has 3 aromatic rings. The van der Waals surface area contributed by atoms with Crippen LogP contribution in [0.25, 0.3) is 5.69 Å². The number of aromatic nitrogens is 2. The summed E-state index contributed by atoms with van der Waals surface area (Å²) in [6, 6.07) is 15.1. The van der Waals surface area contributed by atoms with Crippen LogP contribution in [0.4, 0.5) is 4.39 Å². The maximum atomic E-state index is 12.9. The van der Waals surface area contributed by atoms with Gasteiger partial charge in [-0.05, 0) is 43.3 Å². The third-order valence-corrected chi connectivity index (χ3v) is 3.72. The van der Waals surface area contributed by atoms with Crippen LogP contribution >= 0.6 is 0 Å². The molecule has 27 heavy (non-hydrogen) atoms. The van der Waals surface area contributed by atoms with Crippen LogP contribution in [0.15, 0.2) is 65.5 Å².